The lowest BCUT2D eigenvalue weighted by molar-refractivity contribution is -0.117. The summed E-state index contributed by atoms with van der Waals surface area (Å²) in [5.74, 6) is 0.540. The molecule has 1 saturated carbocycles. The highest BCUT2D eigenvalue weighted by Crippen LogP contribution is 2.44. The second kappa shape index (κ2) is 3.38. The molecule has 15 heavy (non-hydrogen) atoms. The van der Waals surface area contributed by atoms with E-state index in [1.807, 2.05) is 0 Å². The minimum absolute atomic E-state index is 0.421. The van der Waals surface area contributed by atoms with Gasteiger partial charge in [0.25, 0.3) is 0 Å². The van der Waals surface area contributed by atoms with Crippen molar-refractivity contribution >= 4 is 23.1 Å². The van der Waals surface area contributed by atoms with Crippen LogP contribution in [-0.4, -0.2) is 38.3 Å². The molecule has 1 saturated heterocycles. The summed E-state index contributed by atoms with van der Waals surface area (Å²) in [6.45, 7) is 2.22. The largest absolute Gasteiger partial charge is 0.387 e. The molecular formula is C9H12ClN3OS. The van der Waals surface area contributed by atoms with Crippen molar-refractivity contribution in [2.45, 2.75) is 25.0 Å². The number of aliphatic hydroxyl groups is 1. The van der Waals surface area contributed by atoms with Crippen LogP contribution in [0.1, 0.15) is 18.5 Å². The fraction of sp³-hybridized carbons (Fsp3) is 0.778. The van der Waals surface area contributed by atoms with E-state index in [9.17, 15) is 5.11 Å². The molecule has 1 aliphatic heterocycles. The summed E-state index contributed by atoms with van der Waals surface area (Å²) < 4.78 is 4.45. The number of β-amino-alcohol motifs (C(OH)–C–C–N with tert-alkyl or cyclic N) is 1. The highest BCUT2D eigenvalue weighted by molar-refractivity contribution is 7.10. The molecule has 2 aliphatic rings. The van der Waals surface area contributed by atoms with Crippen LogP contribution in [0.4, 0.5) is 0 Å². The van der Waals surface area contributed by atoms with E-state index in [2.05, 4.69) is 14.5 Å². The molecule has 1 N–H and O–H groups in total. The molecular weight excluding hydrogens is 234 g/mol. The summed E-state index contributed by atoms with van der Waals surface area (Å²) in [7, 11) is 0. The first-order chi connectivity index (χ1) is 7.17. The van der Waals surface area contributed by atoms with Gasteiger partial charge in [0.15, 0.2) is 0 Å². The van der Waals surface area contributed by atoms with Gasteiger partial charge in [-0.25, -0.2) is 0 Å². The molecule has 1 aliphatic carbocycles. The minimum Gasteiger partial charge on any atom is -0.387 e. The maximum absolute atomic E-state index is 10.1. The van der Waals surface area contributed by atoms with Crippen LogP contribution < -0.4 is 0 Å². The Hall–Kier alpha value is -0.230. The maximum Gasteiger partial charge on any atom is 0.138 e. The Kier molecular flexibility index (Phi) is 2.24. The molecule has 6 heteroatoms. The Morgan fingerprint density at radius 1 is 1.53 bits per heavy atom. The van der Waals surface area contributed by atoms with Crippen LogP contribution in [0.5, 0.6) is 0 Å². The molecule has 4 nitrogen and oxygen atoms in total. The second-order valence-electron chi connectivity index (χ2n) is 4.52. The van der Waals surface area contributed by atoms with Gasteiger partial charge in [-0.2, -0.15) is 0 Å². The van der Waals surface area contributed by atoms with Gasteiger partial charge in [0.1, 0.15) is 10.0 Å². The van der Waals surface area contributed by atoms with Gasteiger partial charge in [-0.15, -0.1) is 5.10 Å². The second-order valence-corrected chi connectivity index (χ2v) is 5.87. The van der Waals surface area contributed by atoms with Crippen molar-refractivity contribution in [2.24, 2.45) is 5.92 Å². The molecule has 1 aromatic heterocycles. The van der Waals surface area contributed by atoms with Crippen LogP contribution in [0.15, 0.2) is 0 Å². The van der Waals surface area contributed by atoms with Crippen LogP contribution in [0.3, 0.4) is 0 Å². The smallest absolute Gasteiger partial charge is 0.138 e. The normalized spacial score (nSPS) is 25.2. The molecule has 2 fully saturated rings. The number of likely N-dealkylation sites (tertiary alicyclic amines) is 1. The van der Waals surface area contributed by atoms with Gasteiger partial charge >= 0.3 is 0 Å². The van der Waals surface area contributed by atoms with E-state index < -0.39 is 5.60 Å². The molecule has 1 aromatic rings. The Morgan fingerprint density at radius 2 is 2.27 bits per heavy atom. The highest BCUT2D eigenvalue weighted by atomic mass is 35.5. The summed E-state index contributed by atoms with van der Waals surface area (Å²) in [6, 6.07) is 0. The van der Waals surface area contributed by atoms with Gasteiger partial charge < -0.3 is 5.11 Å². The van der Waals surface area contributed by atoms with Crippen LogP contribution in [-0.2, 0) is 6.54 Å². The number of halogens is 1. The summed E-state index contributed by atoms with van der Waals surface area (Å²) in [5, 5.41) is 14.1. The van der Waals surface area contributed by atoms with E-state index >= 15 is 0 Å². The van der Waals surface area contributed by atoms with Crippen molar-refractivity contribution in [3.8, 4) is 0 Å². The maximum atomic E-state index is 10.1. The number of hydrogen-bond acceptors (Lipinski definition) is 5. The first kappa shape index (κ1) is 9.96. The first-order valence-corrected chi connectivity index (χ1v) is 6.24. The van der Waals surface area contributed by atoms with E-state index in [0.29, 0.717) is 16.8 Å². The number of aromatic nitrogens is 2. The van der Waals surface area contributed by atoms with Gasteiger partial charge in [0, 0.05) is 31.2 Å². The molecule has 0 aromatic carbocycles. The molecule has 3 rings (SSSR count). The number of rotatable bonds is 3. The molecule has 0 unspecified atom stereocenters. The summed E-state index contributed by atoms with van der Waals surface area (Å²) in [6.07, 6.45) is 2.37. The molecule has 82 valence electrons. The monoisotopic (exact) mass is 245 g/mol. The van der Waals surface area contributed by atoms with Crippen LogP contribution in [0.25, 0.3) is 0 Å². The van der Waals surface area contributed by atoms with Crippen molar-refractivity contribution in [3.05, 3.63) is 10.0 Å². The zero-order valence-corrected chi connectivity index (χ0v) is 9.76. The summed E-state index contributed by atoms with van der Waals surface area (Å²) in [4.78, 5) is 2.17. The third-order valence-corrected chi connectivity index (χ3v) is 4.20. The Morgan fingerprint density at radius 3 is 2.80 bits per heavy atom. The van der Waals surface area contributed by atoms with Gasteiger partial charge in [0.05, 0.1) is 5.60 Å². The van der Waals surface area contributed by atoms with E-state index in [-0.39, 0.29) is 0 Å². The highest BCUT2D eigenvalue weighted by Gasteiger charge is 2.51. The third-order valence-electron chi connectivity index (χ3n) is 3.21. The zero-order chi connectivity index (χ0) is 10.5. The fourth-order valence-electron chi connectivity index (χ4n) is 2.22. The summed E-state index contributed by atoms with van der Waals surface area (Å²) in [5.41, 5.74) is 0.412. The van der Waals surface area contributed by atoms with Gasteiger partial charge in [-0.3, -0.25) is 4.90 Å². The number of nitrogens with zero attached hydrogens (tertiary/aromatic N) is 3. The molecule has 0 spiro atoms. The molecule has 0 atom stereocenters. The Labute approximate surface area is 97.0 Å². The quantitative estimate of drug-likeness (QED) is 0.868. The van der Waals surface area contributed by atoms with Gasteiger partial charge in [-0.05, 0) is 18.8 Å². The fourth-order valence-corrected chi connectivity index (χ4v) is 2.83. The van der Waals surface area contributed by atoms with Crippen molar-refractivity contribution in [3.63, 3.8) is 0 Å². The molecule has 0 bridgehead atoms. The van der Waals surface area contributed by atoms with E-state index in [4.69, 9.17) is 11.6 Å². The Bertz CT molecular complexity index is 373. The number of hydrogen-bond donors (Lipinski definition) is 1. The summed E-state index contributed by atoms with van der Waals surface area (Å²) >= 11 is 7.13. The van der Waals surface area contributed by atoms with Crippen LogP contribution in [0.2, 0.25) is 4.34 Å². The predicted octanol–water partition coefficient (Wildman–Crippen LogP) is 1.15. The predicted molar refractivity (Wildman–Crippen MR) is 57.9 cm³/mol. The molecule has 0 radical (unpaired) electrons. The Balaban J connectivity index is 1.57. The van der Waals surface area contributed by atoms with Crippen LogP contribution in [0, 0.1) is 5.92 Å². The lowest BCUT2D eigenvalue weighted by Crippen LogP contribution is -2.62. The average Bonchev–Trinajstić information content (AvgIpc) is 2.91. The standard InChI is InChI=1S/C9H12ClN3OS/c10-8-7(11-12-15-8)3-13-4-9(14,5-13)6-1-2-6/h6,14H,1-5H2. The third kappa shape index (κ3) is 1.78. The van der Waals surface area contributed by atoms with Crippen molar-refractivity contribution in [2.75, 3.05) is 13.1 Å². The lowest BCUT2D eigenvalue weighted by atomic mass is 9.89. The minimum atomic E-state index is -0.421. The lowest BCUT2D eigenvalue weighted by Gasteiger charge is -2.46. The molecule has 0 amide bonds. The molecule has 2 heterocycles. The van der Waals surface area contributed by atoms with Gasteiger partial charge in [0.2, 0.25) is 0 Å². The van der Waals surface area contributed by atoms with Crippen molar-refractivity contribution in [1.29, 1.82) is 0 Å². The van der Waals surface area contributed by atoms with Gasteiger partial charge in [-0.1, -0.05) is 16.1 Å². The zero-order valence-electron chi connectivity index (χ0n) is 8.19. The SMILES string of the molecule is OC1(C2CC2)CN(Cc2nnsc2Cl)C1. The van der Waals surface area contributed by atoms with Crippen molar-refractivity contribution in [1.82, 2.24) is 14.5 Å². The van der Waals surface area contributed by atoms with E-state index in [1.54, 1.807) is 0 Å². The topological polar surface area (TPSA) is 49.2 Å². The van der Waals surface area contributed by atoms with Crippen molar-refractivity contribution < 1.29 is 5.11 Å². The average molecular weight is 246 g/mol. The van der Waals surface area contributed by atoms with Crippen LogP contribution >= 0.6 is 23.1 Å². The van der Waals surface area contributed by atoms with E-state index in [0.717, 1.165) is 18.8 Å². The first-order valence-electron chi connectivity index (χ1n) is 5.09. The van der Waals surface area contributed by atoms with E-state index in [1.165, 1.54) is 24.4 Å².